The molecule has 0 saturated heterocycles. The summed E-state index contributed by atoms with van der Waals surface area (Å²) >= 11 is 0. The molecule has 0 aromatic carbocycles. The van der Waals surface area contributed by atoms with E-state index < -0.39 is 0 Å². The first-order valence-corrected chi connectivity index (χ1v) is 5.69. The van der Waals surface area contributed by atoms with Gasteiger partial charge in [-0.05, 0) is 12.8 Å². The Labute approximate surface area is 97.4 Å². The van der Waals surface area contributed by atoms with Gasteiger partial charge in [-0.15, -0.1) is 0 Å². The van der Waals surface area contributed by atoms with Gasteiger partial charge in [0.2, 0.25) is 11.8 Å². The summed E-state index contributed by atoms with van der Waals surface area (Å²) < 4.78 is 0. The summed E-state index contributed by atoms with van der Waals surface area (Å²) in [6.07, 6.45) is 0.387. The summed E-state index contributed by atoms with van der Waals surface area (Å²) in [5.74, 6) is 0.398. The van der Waals surface area contributed by atoms with Crippen LogP contribution in [0.15, 0.2) is 0 Å². The lowest BCUT2D eigenvalue weighted by atomic mass is 10.2. The van der Waals surface area contributed by atoms with E-state index in [1.807, 2.05) is 13.8 Å². The first kappa shape index (κ1) is 14.9. The highest BCUT2D eigenvalue weighted by molar-refractivity contribution is 5.81. The Morgan fingerprint density at radius 1 is 1.19 bits per heavy atom. The van der Waals surface area contributed by atoms with Gasteiger partial charge in [0, 0.05) is 26.6 Å². The van der Waals surface area contributed by atoms with E-state index in [0.29, 0.717) is 25.4 Å². The average Bonchev–Trinajstić information content (AvgIpc) is 2.25. The van der Waals surface area contributed by atoms with E-state index in [2.05, 4.69) is 16.0 Å². The predicted octanol–water partition coefficient (Wildman–Crippen LogP) is -0.127. The number of amides is 2. The van der Waals surface area contributed by atoms with Gasteiger partial charge in [0.25, 0.3) is 0 Å². The zero-order valence-electron chi connectivity index (χ0n) is 10.6. The first-order chi connectivity index (χ1) is 7.47. The van der Waals surface area contributed by atoms with Gasteiger partial charge in [-0.3, -0.25) is 9.59 Å². The van der Waals surface area contributed by atoms with Crippen molar-refractivity contribution in [2.45, 2.75) is 33.2 Å². The molecular weight excluding hydrogens is 206 g/mol. The monoisotopic (exact) mass is 229 g/mol. The quantitative estimate of drug-likeness (QED) is 0.569. The third kappa shape index (κ3) is 7.23. The number of hydrogen-bond acceptors (Lipinski definition) is 3. The Balaban J connectivity index is 3.67. The summed E-state index contributed by atoms with van der Waals surface area (Å²) in [6, 6.07) is -0.261. The summed E-state index contributed by atoms with van der Waals surface area (Å²) in [4.78, 5) is 22.4. The maximum absolute atomic E-state index is 11.5. The fourth-order valence-corrected chi connectivity index (χ4v) is 1.08. The molecule has 0 fully saturated rings. The third-order valence-electron chi connectivity index (χ3n) is 2.16. The molecule has 2 amide bonds. The minimum absolute atomic E-state index is 0.0226. The fourth-order valence-electron chi connectivity index (χ4n) is 1.08. The molecule has 1 atom stereocenters. The van der Waals surface area contributed by atoms with Crippen LogP contribution in [-0.2, 0) is 9.59 Å². The molecule has 0 aliphatic rings. The number of nitrogens with one attached hydrogen (secondary N) is 3. The Kier molecular flexibility index (Phi) is 7.54. The van der Waals surface area contributed by atoms with Crippen molar-refractivity contribution >= 4 is 11.8 Å². The van der Waals surface area contributed by atoms with Crippen molar-refractivity contribution in [2.24, 2.45) is 5.92 Å². The van der Waals surface area contributed by atoms with Gasteiger partial charge in [-0.2, -0.15) is 0 Å². The van der Waals surface area contributed by atoms with E-state index in [4.69, 9.17) is 0 Å². The SMILES string of the molecule is CNC(=O)CCNC(C)C(=O)NCC(C)C. The van der Waals surface area contributed by atoms with Gasteiger partial charge in [0.1, 0.15) is 0 Å². The van der Waals surface area contributed by atoms with Gasteiger partial charge in [-0.25, -0.2) is 0 Å². The van der Waals surface area contributed by atoms with Crippen LogP contribution in [0.25, 0.3) is 0 Å². The molecule has 1 unspecified atom stereocenters. The third-order valence-corrected chi connectivity index (χ3v) is 2.16. The van der Waals surface area contributed by atoms with E-state index >= 15 is 0 Å². The Bertz CT molecular complexity index is 229. The van der Waals surface area contributed by atoms with Crippen LogP contribution in [0.2, 0.25) is 0 Å². The van der Waals surface area contributed by atoms with Crippen LogP contribution in [0.1, 0.15) is 27.2 Å². The van der Waals surface area contributed by atoms with Gasteiger partial charge in [-0.1, -0.05) is 13.8 Å². The molecule has 0 saturated carbocycles. The standard InChI is InChI=1S/C11H23N3O2/c1-8(2)7-14-11(16)9(3)13-6-5-10(15)12-4/h8-9,13H,5-7H2,1-4H3,(H,12,15)(H,14,16). The number of carbonyl (C=O) groups is 2. The smallest absolute Gasteiger partial charge is 0.236 e. The first-order valence-electron chi connectivity index (χ1n) is 5.69. The van der Waals surface area contributed by atoms with Crippen molar-refractivity contribution in [2.75, 3.05) is 20.1 Å². The maximum Gasteiger partial charge on any atom is 0.236 e. The van der Waals surface area contributed by atoms with Crippen molar-refractivity contribution < 1.29 is 9.59 Å². The number of hydrogen-bond donors (Lipinski definition) is 3. The lowest BCUT2D eigenvalue weighted by molar-refractivity contribution is -0.124. The molecule has 0 aromatic heterocycles. The normalized spacial score (nSPS) is 12.3. The van der Waals surface area contributed by atoms with Gasteiger partial charge in [0.05, 0.1) is 6.04 Å². The highest BCUT2D eigenvalue weighted by Crippen LogP contribution is 1.89. The second-order valence-corrected chi connectivity index (χ2v) is 4.24. The molecule has 0 aliphatic carbocycles. The highest BCUT2D eigenvalue weighted by atomic mass is 16.2. The van der Waals surface area contributed by atoms with Crippen molar-refractivity contribution in [3.05, 3.63) is 0 Å². The van der Waals surface area contributed by atoms with Crippen molar-refractivity contribution in [1.29, 1.82) is 0 Å². The van der Waals surface area contributed by atoms with Gasteiger partial charge >= 0.3 is 0 Å². The molecule has 3 N–H and O–H groups in total. The van der Waals surface area contributed by atoms with E-state index in [-0.39, 0.29) is 17.9 Å². The molecule has 0 rings (SSSR count). The largest absolute Gasteiger partial charge is 0.359 e. The van der Waals surface area contributed by atoms with Crippen molar-refractivity contribution in [3.8, 4) is 0 Å². The van der Waals surface area contributed by atoms with Crippen LogP contribution in [0, 0.1) is 5.92 Å². The minimum atomic E-state index is -0.261. The second-order valence-electron chi connectivity index (χ2n) is 4.24. The number of rotatable bonds is 7. The lowest BCUT2D eigenvalue weighted by Crippen LogP contribution is -2.44. The maximum atomic E-state index is 11.5. The second kappa shape index (κ2) is 8.10. The van der Waals surface area contributed by atoms with Gasteiger partial charge in [0.15, 0.2) is 0 Å². The molecule has 94 valence electrons. The molecule has 0 aliphatic heterocycles. The van der Waals surface area contributed by atoms with E-state index in [9.17, 15) is 9.59 Å². The lowest BCUT2D eigenvalue weighted by Gasteiger charge is -2.14. The van der Waals surface area contributed by atoms with Crippen LogP contribution in [0.4, 0.5) is 0 Å². The van der Waals surface area contributed by atoms with Crippen LogP contribution >= 0.6 is 0 Å². The molecule has 5 nitrogen and oxygen atoms in total. The van der Waals surface area contributed by atoms with Gasteiger partial charge < -0.3 is 16.0 Å². The van der Waals surface area contributed by atoms with Crippen LogP contribution < -0.4 is 16.0 Å². The van der Waals surface area contributed by atoms with E-state index in [1.54, 1.807) is 14.0 Å². The molecule has 5 heteroatoms. The summed E-state index contributed by atoms with van der Waals surface area (Å²) in [5.41, 5.74) is 0. The molecule has 0 bridgehead atoms. The zero-order chi connectivity index (χ0) is 12.6. The topological polar surface area (TPSA) is 70.2 Å². The molecule has 16 heavy (non-hydrogen) atoms. The van der Waals surface area contributed by atoms with Crippen molar-refractivity contribution in [3.63, 3.8) is 0 Å². The zero-order valence-corrected chi connectivity index (χ0v) is 10.6. The van der Waals surface area contributed by atoms with Crippen LogP contribution in [0.5, 0.6) is 0 Å². The molecule has 0 aromatic rings. The van der Waals surface area contributed by atoms with E-state index in [0.717, 1.165) is 0 Å². The molecule has 0 radical (unpaired) electrons. The average molecular weight is 229 g/mol. The van der Waals surface area contributed by atoms with Crippen LogP contribution in [0.3, 0.4) is 0 Å². The Hall–Kier alpha value is -1.10. The molecule has 0 heterocycles. The summed E-state index contributed by atoms with van der Waals surface area (Å²) in [7, 11) is 1.60. The minimum Gasteiger partial charge on any atom is -0.359 e. The predicted molar refractivity (Wildman–Crippen MR) is 64.0 cm³/mol. The Morgan fingerprint density at radius 3 is 2.31 bits per heavy atom. The van der Waals surface area contributed by atoms with Crippen LogP contribution in [-0.4, -0.2) is 38.0 Å². The Morgan fingerprint density at radius 2 is 1.81 bits per heavy atom. The summed E-state index contributed by atoms with van der Waals surface area (Å²) in [5, 5.41) is 8.36. The molecular formula is C11H23N3O2. The van der Waals surface area contributed by atoms with Crippen molar-refractivity contribution in [1.82, 2.24) is 16.0 Å². The van der Waals surface area contributed by atoms with E-state index in [1.165, 1.54) is 0 Å². The molecule has 0 spiro atoms. The number of carbonyl (C=O) groups excluding carboxylic acids is 2. The fraction of sp³-hybridized carbons (Fsp3) is 0.818. The summed E-state index contributed by atoms with van der Waals surface area (Å²) in [6.45, 7) is 7.07. The highest BCUT2D eigenvalue weighted by Gasteiger charge is 2.11.